The predicted molar refractivity (Wildman–Crippen MR) is 346 cm³/mol. The number of carbonyl (C=O) groups is 1. The Kier molecular flexibility index (Phi) is 51.3. The lowest BCUT2D eigenvalue weighted by Crippen LogP contribution is -2.65. The summed E-state index contributed by atoms with van der Waals surface area (Å²) in [5.41, 5.74) is 0. The summed E-state index contributed by atoms with van der Waals surface area (Å²) in [5, 5.41) is 87.3. The molecule has 0 saturated carbocycles. The first-order valence-electron chi connectivity index (χ1n) is 34.7. The minimum absolute atomic E-state index is 0.253. The maximum absolute atomic E-state index is 13.3. The van der Waals surface area contributed by atoms with E-state index in [0.717, 1.165) is 57.8 Å². The van der Waals surface area contributed by atoms with Crippen LogP contribution in [0.15, 0.2) is 72.9 Å². The van der Waals surface area contributed by atoms with Gasteiger partial charge in [0.15, 0.2) is 12.6 Å². The second-order valence-electron chi connectivity index (χ2n) is 24.3. The van der Waals surface area contributed by atoms with E-state index in [2.05, 4.69) is 79.9 Å². The third-order valence-electron chi connectivity index (χ3n) is 16.6. The summed E-state index contributed by atoms with van der Waals surface area (Å²) in [4.78, 5) is 13.3. The van der Waals surface area contributed by atoms with Gasteiger partial charge in [0.05, 0.1) is 32.0 Å². The van der Waals surface area contributed by atoms with E-state index in [9.17, 15) is 45.6 Å². The van der Waals surface area contributed by atoms with Gasteiger partial charge in [-0.1, -0.05) is 260 Å². The number of unbranched alkanes of at least 4 members (excludes halogenated alkanes) is 33. The van der Waals surface area contributed by atoms with E-state index in [0.29, 0.717) is 12.8 Å². The van der Waals surface area contributed by atoms with Gasteiger partial charge in [-0.3, -0.25) is 4.79 Å². The van der Waals surface area contributed by atoms with Crippen molar-refractivity contribution in [3.8, 4) is 0 Å². The Morgan fingerprint density at radius 2 is 0.788 bits per heavy atom. The average molecular weight is 1200 g/mol. The molecule has 12 unspecified atom stereocenters. The Balaban J connectivity index is 1.69. The quantitative estimate of drug-likeness (QED) is 0.0204. The van der Waals surface area contributed by atoms with Crippen molar-refractivity contribution in [1.29, 1.82) is 0 Å². The maximum atomic E-state index is 13.3. The van der Waals surface area contributed by atoms with E-state index in [4.69, 9.17) is 18.9 Å². The Labute approximate surface area is 517 Å². The van der Waals surface area contributed by atoms with Crippen molar-refractivity contribution in [2.24, 2.45) is 0 Å². The lowest BCUT2D eigenvalue weighted by atomic mass is 9.97. The van der Waals surface area contributed by atoms with E-state index in [1.54, 1.807) is 6.08 Å². The van der Waals surface area contributed by atoms with E-state index in [1.165, 1.54) is 186 Å². The molecule has 0 bridgehead atoms. The molecule has 0 radical (unpaired) electrons. The highest BCUT2D eigenvalue weighted by molar-refractivity contribution is 5.76. The molecular weight excluding hydrogens is 1070 g/mol. The number of nitrogens with one attached hydrogen (secondary N) is 1. The first-order chi connectivity index (χ1) is 41.6. The van der Waals surface area contributed by atoms with E-state index in [1.807, 2.05) is 6.08 Å². The predicted octanol–water partition coefficient (Wildman–Crippen LogP) is 13.8. The van der Waals surface area contributed by atoms with Crippen molar-refractivity contribution in [3.63, 3.8) is 0 Å². The van der Waals surface area contributed by atoms with Gasteiger partial charge in [0.2, 0.25) is 5.91 Å². The summed E-state index contributed by atoms with van der Waals surface area (Å²) in [5.74, 6) is -0.253. The third kappa shape index (κ3) is 39.9. The highest BCUT2D eigenvalue weighted by atomic mass is 16.7. The molecule has 12 atom stereocenters. The second kappa shape index (κ2) is 55.5. The Morgan fingerprint density at radius 1 is 0.424 bits per heavy atom. The van der Waals surface area contributed by atoms with E-state index >= 15 is 0 Å². The summed E-state index contributed by atoms with van der Waals surface area (Å²) >= 11 is 0. The second-order valence-corrected chi connectivity index (χ2v) is 24.3. The standard InChI is InChI=1S/C71H127NO13/c1-3-5-7-9-11-13-15-17-19-21-23-25-26-27-28-29-30-31-32-33-34-35-37-39-41-43-45-47-49-51-53-55-63(76)72-59(60(75)54-52-50-48-46-44-42-40-38-36-24-22-20-18-16-14-12-10-8-6-4-2)58-82-70-68(81)66(79)69(62(57-74)84-70)85-71-67(80)65(78)64(77)61(56-73)83-71/h15,17,21,23,26-27,36,38,44,46,52,54,59-62,64-71,73-75,77-81H,3-14,16,18-20,22,24-25,28-35,37,39-43,45,47-51,53,55-58H2,1-2H3,(H,72,76)/b17-15-,23-21-,27-26-,38-36+,46-44+,54-52+. The molecule has 9 N–H and O–H groups in total. The summed E-state index contributed by atoms with van der Waals surface area (Å²) in [6.07, 6.45) is 58.1. The number of hydrogen-bond donors (Lipinski definition) is 9. The van der Waals surface area contributed by atoms with Gasteiger partial charge in [0.1, 0.15) is 48.8 Å². The molecule has 1 amide bonds. The molecule has 0 aromatic carbocycles. The van der Waals surface area contributed by atoms with Gasteiger partial charge >= 0.3 is 0 Å². The lowest BCUT2D eigenvalue weighted by molar-refractivity contribution is -0.359. The molecule has 14 heteroatoms. The number of aliphatic hydroxyl groups excluding tert-OH is 8. The first kappa shape index (κ1) is 78.5. The van der Waals surface area contributed by atoms with Crippen molar-refractivity contribution in [2.45, 2.75) is 351 Å². The molecule has 494 valence electrons. The number of carbonyl (C=O) groups excluding carboxylic acids is 1. The zero-order chi connectivity index (χ0) is 61.6. The first-order valence-corrected chi connectivity index (χ1v) is 34.7. The monoisotopic (exact) mass is 1200 g/mol. The van der Waals surface area contributed by atoms with Gasteiger partial charge in [0.25, 0.3) is 0 Å². The Bertz CT molecular complexity index is 1700. The van der Waals surface area contributed by atoms with Crippen LogP contribution < -0.4 is 5.32 Å². The molecule has 0 aromatic heterocycles. The van der Waals surface area contributed by atoms with Crippen LogP contribution in [-0.2, 0) is 23.7 Å². The highest BCUT2D eigenvalue weighted by Gasteiger charge is 2.51. The van der Waals surface area contributed by atoms with Crippen LogP contribution in [0.1, 0.15) is 277 Å². The fraction of sp³-hybridized carbons (Fsp3) is 0.817. The van der Waals surface area contributed by atoms with Gasteiger partial charge < -0.3 is 65.1 Å². The average Bonchev–Trinajstić information content (AvgIpc) is 3.68. The van der Waals surface area contributed by atoms with Crippen LogP contribution in [-0.4, -0.2) is 140 Å². The molecule has 2 rings (SSSR count). The van der Waals surface area contributed by atoms with Crippen LogP contribution in [0.3, 0.4) is 0 Å². The van der Waals surface area contributed by atoms with Crippen LogP contribution in [0, 0.1) is 0 Å². The summed E-state index contributed by atoms with van der Waals surface area (Å²) in [6, 6.07) is -0.941. The van der Waals surface area contributed by atoms with Crippen molar-refractivity contribution in [1.82, 2.24) is 5.32 Å². The highest BCUT2D eigenvalue weighted by Crippen LogP contribution is 2.30. The molecule has 0 aromatic rings. The third-order valence-corrected chi connectivity index (χ3v) is 16.6. The number of hydrogen-bond acceptors (Lipinski definition) is 13. The van der Waals surface area contributed by atoms with Crippen molar-refractivity contribution in [2.75, 3.05) is 19.8 Å². The molecule has 2 aliphatic heterocycles. The van der Waals surface area contributed by atoms with Gasteiger partial charge in [-0.25, -0.2) is 0 Å². The molecule has 0 spiro atoms. The molecule has 2 heterocycles. The van der Waals surface area contributed by atoms with Crippen LogP contribution >= 0.6 is 0 Å². The zero-order valence-electron chi connectivity index (χ0n) is 53.6. The van der Waals surface area contributed by atoms with Gasteiger partial charge in [0, 0.05) is 6.42 Å². The summed E-state index contributed by atoms with van der Waals surface area (Å²) < 4.78 is 22.8. The number of amides is 1. The largest absolute Gasteiger partial charge is 0.394 e. The minimum atomic E-state index is -1.79. The van der Waals surface area contributed by atoms with Gasteiger partial charge in [-0.2, -0.15) is 0 Å². The van der Waals surface area contributed by atoms with Crippen molar-refractivity contribution in [3.05, 3.63) is 72.9 Å². The minimum Gasteiger partial charge on any atom is -0.394 e. The smallest absolute Gasteiger partial charge is 0.220 e. The van der Waals surface area contributed by atoms with E-state index in [-0.39, 0.29) is 18.9 Å². The zero-order valence-corrected chi connectivity index (χ0v) is 53.6. The van der Waals surface area contributed by atoms with E-state index < -0.39 is 86.8 Å². The SMILES string of the molecule is CCCCCCC/C=C\C/C=C\C/C=C\CCCCCCCCCCCCCCCCCCC(=O)NC(COC1OC(CO)C(OC2OC(CO)C(O)C(O)C2O)C(O)C1O)C(O)/C=C/CC/C=C/CC/C=C/CCCCCCCCCCCC. The molecule has 85 heavy (non-hydrogen) atoms. The Hall–Kier alpha value is -2.57. The molecule has 14 nitrogen and oxygen atoms in total. The van der Waals surface area contributed by atoms with Gasteiger partial charge in [-0.15, -0.1) is 0 Å². The maximum Gasteiger partial charge on any atom is 0.220 e. The van der Waals surface area contributed by atoms with Crippen molar-refractivity contribution >= 4 is 5.91 Å². The van der Waals surface area contributed by atoms with Crippen molar-refractivity contribution < 1.29 is 64.6 Å². The molecular formula is C71H127NO13. The topological polar surface area (TPSA) is 228 Å². The summed E-state index contributed by atoms with van der Waals surface area (Å²) in [7, 11) is 0. The number of ether oxygens (including phenoxy) is 4. The van der Waals surface area contributed by atoms with Crippen LogP contribution in [0.25, 0.3) is 0 Å². The normalized spacial score (nSPS) is 24.0. The summed E-state index contributed by atoms with van der Waals surface area (Å²) in [6.45, 7) is 2.78. The fourth-order valence-corrected chi connectivity index (χ4v) is 11.0. The van der Waals surface area contributed by atoms with Crippen LogP contribution in [0.4, 0.5) is 0 Å². The molecule has 0 aliphatic carbocycles. The number of allylic oxidation sites excluding steroid dienone is 11. The van der Waals surface area contributed by atoms with Gasteiger partial charge in [-0.05, 0) is 83.5 Å². The lowest BCUT2D eigenvalue weighted by Gasteiger charge is -2.46. The molecule has 2 aliphatic rings. The molecule has 2 saturated heterocycles. The molecule has 2 fully saturated rings. The van der Waals surface area contributed by atoms with Crippen LogP contribution in [0.5, 0.6) is 0 Å². The fourth-order valence-electron chi connectivity index (χ4n) is 11.0. The Morgan fingerprint density at radius 3 is 1.24 bits per heavy atom. The number of aliphatic hydroxyl groups is 8. The number of rotatable bonds is 56. The van der Waals surface area contributed by atoms with Crippen LogP contribution in [0.2, 0.25) is 0 Å².